The molecular formula is C13H15F. The molecule has 0 aliphatic carbocycles. The minimum atomic E-state index is -0.880. The average molecular weight is 190 g/mol. The zero-order valence-electron chi connectivity index (χ0n) is 8.57. The van der Waals surface area contributed by atoms with Crippen LogP contribution in [0.3, 0.4) is 0 Å². The van der Waals surface area contributed by atoms with E-state index in [1.165, 1.54) is 18.6 Å². The molecule has 1 unspecified atom stereocenters. The van der Waals surface area contributed by atoms with Crippen LogP contribution in [0.25, 0.3) is 5.57 Å². The van der Waals surface area contributed by atoms with Crippen LogP contribution in [-0.4, -0.2) is 6.17 Å². The second-order valence-corrected chi connectivity index (χ2v) is 3.28. The summed E-state index contributed by atoms with van der Waals surface area (Å²) in [6.45, 7) is 3.53. The molecule has 1 aromatic rings. The Kier molecular flexibility index (Phi) is 4.11. The van der Waals surface area contributed by atoms with Gasteiger partial charge < -0.3 is 0 Å². The van der Waals surface area contributed by atoms with E-state index in [2.05, 4.69) is 0 Å². The number of benzene rings is 1. The molecular weight excluding hydrogens is 175 g/mol. The third kappa shape index (κ3) is 3.56. The number of alkyl halides is 1. The zero-order valence-corrected chi connectivity index (χ0v) is 8.57. The van der Waals surface area contributed by atoms with Crippen molar-refractivity contribution in [1.29, 1.82) is 0 Å². The predicted octanol–water partition coefficient (Wildman–Crippen LogP) is 4.00. The van der Waals surface area contributed by atoms with Gasteiger partial charge >= 0.3 is 0 Å². The van der Waals surface area contributed by atoms with Crippen molar-refractivity contribution < 1.29 is 4.39 Å². The Balaban J connectivity index is 2.71. The topological polar surface area (TPSA) is 0 Å². The number of allylic oxidation sites excluding steroid dienone is 4. The van der Waals surface area contributed by atoms with Gasteiger partial charge in [-0.25, -0.2) is 4.39 Å². The molecule has 0 nitrogen and oxygen atoms in total. The zero-order chi connectivity index (χ0) is 10.4. The van der Waals surface area contributed by atoms with E-state index in [1.807, 2.05) is 43.3 Å². The largest absolute Gasteiger partial charge is 0.243 e. The van der Waals surface area contributed by atoms with E-state index < -0.39 is 6.17 Å². The van der Waals surface area contributed by atoms with E-state index >= 15 is 0 Å². The molecule has 0 heterocycles. The van der Waals surface area contributed by atoms with Gasteiger partial charge in [0.1, 0.15) is 6.17 Å². The Bertz CT molecular complexity index is 320. The first-order chi connectivity index (χ1) is 6.70. The third-order valence-corrected chi connectivity index (χ3v) is 1.95. The standard InChI is InChI=1S/C13H15F/c1-11(7-6-8-12(2)14)13-9-4-3-5-10-13/h3-10,12H,1-2H3/b8-6-,11-7+. The van der Waals surface area contributed by atoms with E-state index in [1.54, 1.807) is 6.08 Å². The molecule has 0 fully saturated rings. The Morgan fingerprint density at radius 2 is 1.93 bits per heavy atom. The Labute approximate surface area is 84.8 Å². The van der Waals surface area contributed by atoms with Crippen LogP contribution in [0.15, 0.2) is 48.6 Å². The normalized spacial score (nSPS) is 14.6. The highest BCUT2D eigenvalue weighted by Crippen LogP contribution is 2.12. The molecule has 0 radical (unpaired) electrons. The lowest BCUT2D eigenvalue weighted by molar-refractivity contribution is 0.430. The molecule has 0 aromatic heterocycles. The van der Waals surface area contributed by atoms with E-state index in [9.17, 15) is 4.39 Å². The van der Waals surface area contributed by atoms with Crippen molar-refractivity contribution in [3.05, 3.63) is 54.1 Å². The molecule has 0 aliphatic heterocycles. The highest BCUT2D eigenvalue weighted by Gasteiger charge is 1.91. The van der Waals surface area contributed by atoms with Crippen molar-refractivity contribution in [2.45, 2.75) is 20.0 Å². The van der Waals surface area contributed by atoms with Crippen LogP contribution in [-0.2, 0) is 0 Å². The number of hydrogen-bond acceptors (Lipinski definition) is 0. The lowest BCUT2D eigenvalue weighted by Crippen LogP contribution is -1.82. The monoisotopic (exact) mass is 190 g/mol. The summed E-state index contributed by atoms with van der Waals surface area (Å²) in [5.74, 6) is 0. The molecule has 1 rings (SSSR count). The molecule has 14 heavy (non-hydrogen) atoms. The van der Waals surface area contributed by atoms with Crippen molar-refractivity contribution in [3.63, 3.8) is 0 Å². The summed E-state index contributed by atoms with van der Waals surface area (Å²) in [6.07, 6.45) is 4.33. The summed E-state index contributed by atoms with van der Waals surface area (Å²) in [4.78, 5) is 0. The highest BCUT2D eigenvalue weighted by molar-refractivity contribution is 5.64. The quantitative estimate of drug-likeness (QED) is 0.632. The van der Waals surface area contributed by atoms with Gasteiger partial charge in [0.05, 0.1) is 0 Å². The maximum Gasteiger partial charge on any atom is 0.116 e. The van der Waals surface area contributed by atoms with Crippen molar-refractivity contribution in [3.8, 4) is 0 Å². The molecule has 0 saturated carbocycles. The number of hydrogen-bond donors (Lipinski definition) is 0. The molecule has 1 aromatic carbocycles. The van der Waals surface area contributed by atoms with Crippen molar-refractivity contribution in [2.75, 3.05) is 0 Å². The molecule has 1 heteroatoms. The summed E-state index contributed by atoms with van der Waals surface area (Å²) >= 11 is 0. The van der Waals surface area contributed by atoms with Gasteiger partial charge in [-0.1, -0.05) is 48.6 Å². The van der Waals surface area contributed by atoms with E-state index in [0.717, 1.165) is 5.57 Å². The van der Waals surface area contributed by atoms with Gasteiger partial charge in [-0.3, -0.25) is 0 Å². The molecule has 0 amide bonds. The molecule has 0 saturated heterocycles. The summed E-state index contributed by atoms with van der Waals surface area (Å²) < 4.78 is 12.4. The lowest BCUT2D eigenvalue weighted by Gasteiger charge is -1.98. The molecule has 1 atom stereocenters. The summed E-state index contributed by atoms with van der Waals surface area (Å²) in [7, 11) is 0. The van der Waals surface area contributed by atoms with Crippen LogP contribution in [0.4, 0.5) is 4.39 Å². The van der Waals surface area contributed by atoms with Crippen molar-refractivity contribution >= 4 is 5.57 Å². The lowest BCUT2D eigenvalue weighted by atomic mass is 10.1. The minimum Gasteiger partial charge on any atom is -0.243 e. The average Bonchev–Trinajstić information content (AvgIpc) is 2.18. The van der Waals surface area contributed by atoms with Crippen LogP contribution in [0.1, 0.15) is 19.4 Å². The Morgan fingerprint density at radius 1 is 1.29 bits per heavy atom. The maximum atomic E-state index is 12.4. The van der Waals surface area contributed by atoms with E-state index in [0.29, 0.717) is 0 Å². The summed E-state index contributed by atoms with van der Waals surface area (Å²) in [5.41, 5.74) is 2.31. The second-order valence-electron chi connectivity index (χ2n) is 3.28. The third-order valence-electron chi connectivity index (χ3n) is 1.95. The number of rotatable bonds is 3. The first-order valence-corrected chi connectivity index (χ1v) is 4.74. The number of halogens is 1. The summed E-state index contributed by atoms with van der Waals surface area (Å²) in [6, 6.07) is 10.1. The molecule has 0 aliphatic rings. The van der Waals surface area contributed by atoms with Gasteiger partial charge in [0.15, 0.2) is 0 Å². The maximum absolute atomic E-state index is 12.4. The van der Waals surface area contributed by atoms with Crippen LogP contribution in [0.2, 0.25) is 0 Å². The summed E-state index contributed by atoms with van der Waals surface area (Å²) in [5, 5.41) is 0. The first-order valence-electron chi connectivity index (χ1n) is 4.74. The smallest absolute Gasteiger partial charge is 0.116 e. The fourth-order valence-corrected chi connectivity index (χ4v) is 1.15. The fraction of sp³-hybridized carbons (Fsp3) is 0.231. The van der Waals surface area contributed by atoms with Crippen molar-refractivity contribution in [2.24, 2.45) is 0 Å². The second kappa shape index (κ2) is 5.38. The predicted molar refractivity (Wildman–Crippen MR) is 59.8 cm³/mol. The van der Waals surface area contributed by atoms with E-state index in [-0.39, 0.29) is 0 Å². The van der Waals surface area contributed by atoms with Gasteiger partial charge in [-0.05, 0) is 25.0 Å². The van der Waals surface area contributed by atoms with Gasteiger partial charge in [0.25, 0.3) is 0 Å². The van der Waals surface area contributed by atoms with E-state index in [4.69, 9.17) is 0 Å². The van der Waals surface area contributed by atoms with Crippen molar-refractivity contribution in [1.82, 2.24) is 0 Å². The SMILES string of the molecule is C/C(=C\C=C/C(C)F)c1ccccc1. The molecule has 0 bridgehead atoms. The van der Waals surface area contributed by atoms with Crippen LogP contribution < -0.4 is 0 Å². The molecule has 74 valence electrons. The van der Waals surface area contributed by atoms with Crippen LogP contribution in [0.5, 0.6) is 0 Å². The van der Waals surface area contributed by atoms with Gasteiger partial charge in [0, 0.05) is 0 Å². The van der Waals surface area contributed by atoms with Crippen LogP contribution >= 0.6 is 0 Å². The highest BCUT2D eigenvalue weighted by atomic mass is 19.1. The molecule has 0 N–H and O–H groups in total. The minimum absolute atomic E-state index is 0.880. The Morgan fingerprint density at radius 3 is 2.50 bits per heavy atom. The fourth-order valence-electron chi connectivity index (χ4n) is 1.15. The van der Waals surface area contributed by atoms with Crippen LogP contribution in [0, 0.1) is 0 Å². The molecule has 0 spiro atoms. The van der Waals surface area contributed by atoms with Gasteiger partial charge in [0.2, 0.25) is 0 Å². The van der Waals surface area contributed by atoms with Gasteiger partial charge in [-0.2, -0.15) is 0 Å². The Hall–Kier alpha value is -1.37. The first kappa shape index (κ1) is 10.7. The van der Waals surface area contributed by atoms with Gasteiger partial charge in [-0.15, -0.1) is 0 Å².